The summed E-state index contributed by atoms with van der Waals surface area (Å²) in [5.41, 5.74) is -0.230. The van der Waals surface area contributed by atoms with E-state index in [2.05, 4.69) is 0 Å². The van der Waals surface area contributed by atoms with Crippen LogP contribution in [-0.4, -0.2) is 0 Å². The molecular formula is C8H3ClF2. The third kappa shape index (κ3) is 1.33. The summed E-state index contributed by atoms with van der Waals surface area (Å²) < 4.78 is 25.1. The van der Waals surface area contributed by atoms with Crippen molar-refractivity contribution in [2.75, 3.05) is 0 Å². The van der Waals surface area contributed by atoms with Crippen molar-refractivity contribution < 1.29 is 8.78 Å². The van der Waals surface area contributed by atoms with Gasteiger partial charge in [-0.05, 0) is 12.1 Å². The van der Waals surface area contributed by atoms with Crippen molar-refractivity contribution in [3.8, 4) is 12.3 Å². The van der Waals surface area contributed by atoms with Gasteiger partial charge in [0, 0.05) is 0 Å². The van der Waals surface area contributed by atoms with Gasteiger partial charge in [-0.3, -0.25) is 0 Å². The van der Waals surface area contributed by atoms with Crippen molar-refractivity contribution in [3.05, 3.63) is 34.4 Å². The molecule has 0 spiro atoms. The van der Waals surface area contributed by atoms with Crippen LogP contribution >= 0.6 is 11.6 Å². The van der Waals surface area contributed by atoms with E-state index in [1.807, 2.05) is 5.92 Å². The largest absolute Gasteiger partial charge is 0.204 e. The van der Waals surface area contributed by atoms with Crippen LogP contribution in [-0.2, 0) is 0 Å². The minimum Gasteiger partial charge on any atom is -0.204 e. The van der Waals surface area contributed by atoms with Crippen LogP contribution in [0.25, 0.3) is 0 Å². The molecule has 0 saturated heterocycles. The fourth-order valence-corrected chi connectivity index (χ4v) is 0.860. The van der Waals surface area contributed by atoms with Crippen molar-refractivity contribution in [1.29, 1.82) is 0 Å². The smallest absolute Gasteiger partial charge is 0.175 e. The van der Waals surface area contributed by atoms with Crippen LogP contribution in [0, 0.1) is 24.0 Å². The van der Waals surface area contributed by atoms with E-state index in [4.69, 9.17) is 18.0 Å². The molecule has 0 saturated carbocycles. The quantitative estimate of drug-likeness (QED) is 0.417. The van der Waals surface area contributed by atoms with Crippen LogP contribution in [0.5, 0.6) is 0 Å². The molecule has 0 unspecified atom stereocenters. The van der Waals surface area contributed by atoms with Crippen LogP contribution < -0.4 is 0 Å². The van der Waals surface area contributed by atoms with Crippen LogP contribution in [0.15, 0.2) is 12.1 Å². The predicted octanol–water partition coefficient (Wildman–Crippen LogP) is 2.60. The van der Waals surface area contributed by atoms with E-state index >= 15 is 0 Å². The first kappa shape index (κ1) is 8.03. The number of terminal acetylenes is 1. The highest BCUT2D eigenvalue weighted by molar-refractivity contribution is 6.31. The summed E-state index contributed by atoms with van der Waals surface area (Å²) in [5.74, 6) is -0.0960. The molecular weight excluding hydrogens is 170 g/mol. The second kappa shape index (κ2) is 2.89. The number of hydrogen-bond acceptors (Lipinski definition) is 0. The van der Waals surface area contributed by atoms with Crippen molar-refractivity contribution >= 4 is 11.6 Å². The third-order valence-corrected chi connectivity index (χ3v) is 1.50. The van der Waals surface area contributed by atoms with Gasteiger partial charge in [-0.15, -0.1) is 6.42 Å². The van der Waals surface area contributed by atoms with Crippen LogP contribution in [0.2, 0.25) is 5.02 Å². The first-order valence-corrected chi connectivity index (χ1v) is 3.14. The maximum Gasteiger partial charge on any atom is 0.175 e. The molecule has 1 rings (SSSR count). The van der Waals surface area contributed by atoms with Gasteiger partial charge in [0.25, 0.3) is 0 Å². The second-order valence-electron chi connectivity index (χ2n) is 1.86. The van der Waals surface area contributed by atoms with E-state index in [1.165, 1.54) is 6.07 Å². The molecule has 0 aliphatic carbocycles. The molecule has 0 heterocycles. The zero-order valence-corrected chi connectivity index (χ0v) is 6.12. The summed E-state index contributed by atoms with van der Waals surface area (Å²) in [6, 6.07) is 2.15. The van der Waals surface area contributed by atoms with E-state index < -0.39 is 11.6 Å². The Morgan fingerprint density at radius 2 is 2.00 bits per heavy atom. The summed E-state index contributed by atoms with van der Waals surface area (Å²) in [6.45, 7) is 0. The normalized spacial score (nSPS) is 9.27. The van der Waals surface area contributed by atoms with Crippen molar-refractivity contribution in [3.63, 3.8) is 0 Å². The van der Waals surface area contributed by atoms with Gasteiger partial charge in [0.05, 0.1) is 10.6 Å². The number of benzene rings is 1. The molecule has 1 aromatic rings. The highest BCUT2D eigenvalue weighted by atomic mass is 35.5. The molecule has 0 aromatic heterocycles. The van der Waals surface area contributed by atoms with Crippen molar-refractivity contribution in [2.45, 2.75) is 0 Å². The van der Waals surface area contributed by atoms with Crippen LogP contribution in [0.1, 0.15) is 5.56 Å². The van der Waals surface area contributed by atoms with Gasteiger partial charge in [-0.2, -0.15) is 0 Å². The molecule has 56 valence electrons. The summed E-state index contributed by atoms with van der Waals surface area (Å²) in [6.07, 6.45) is 4.88. The Morgan fingerprint density at radius 1 is 1.36 bits per heavy atom. The second-order valence-corrected chi connectivity index (χ2v) is 2.27. The zero-order valence-electron chi connectivity index (χ0n) is 5.37. The maximum absolute atomic E-state index is 12.7. The SMILES string of the molecule is C#Cc1c(Cl)ccc(F)c1F. The molecule has 0 N–H and O–H groups in total. The molecule has 0 nitrogen and oxygen atoms in total. The molecule has 0 radical (unpaired) electrons. The Balaban J connectivity index is 3.44. The van der Waals surface area contributed by atoms with Gasteiger partial charge in [0.15, 0.2) is 11.6 Å². The lowest BCUT2D eigenvalue weighted by molar-refractivity contribution is 0.506. The summed E-state index contributed by atoms with van der Waals surface area (Å²) >= 11 is 5.45. The summed E-state index contributed by atoms with van der Waals surface area (Å²) in [7, 11) is 0. The Bertz CT molecular complexity index is 326. The fraction of sp³-hybridized carbons (Fsp3) is 0. The fourth-order valence-electron chi connectivity index (χ4n) is 0.659. The first-order valence-electron chi connectivity index (χ1n) is 2.77. The maximum atomic E-state index is 12.7. The Labute approximate surface area is 67.8 Å². The molecule has 0 fully saturated rings. The molecule has 0 bridgehead atoms. The number of halogens is 3. The Kier molecular flexibility index (Phi) is 2.11. The van der Waals surface area contributed by atoms with Crippen LogP contribution in [0.4, 0.5) is 8.78 Å². The minimum absolute atomic E-state index is 0.0476. The van der Waals surface area contributed by atoms with E-state index in [1.54, 1.807) is 0 Å². The monoisotopic (exact) mass is 172 g/mol. The van der Waals surface area contributed by atoms with E-state index in [-0.39, 0.29) is 10.6 Å². The zero-order chi connectivity index (χ0) is 8.43. The molecule has 0 atom stereocenters. The van der Waals surface area contributed by atoms with Crippen molar-refractivity contribution in [2.24, 2.45) is 0 Å². The number of hydrogen-bond donors (Lipinski definition) is 0. The van der Waals surface area contributed by atoms with Gasteiger partial charge < -0.3 is 0 Å². The van der Waals surface area contributed by atoms with Gasteiger partial charge in [0.1, 0.15) is 0 Å². The summed E-state index contributed by atoms with van der Waals surface area (Å²) in [4.78, 5) is 0. The molecule has 0 aliphatic heterocycles. The lowest BCUT2D eigenvalue weighted by Crippen LogP contribution is -1.89. The molecule has 11 heavy (non-hydrogen) atoms. The Morgan fingerprint density at radius 3 is 2.45 bits per heavy atom. The summed E-state index contributed by atoms with van der Waals surface area (Å²) in [5, 5.41) is 0.0476. The van der Waals surface area contributed by atoms with E-state index in [0.29, 0.717) is 0 Å². The highest BCUT2D eigenvalue weighted by Gasteiger charge is 2.09. The molecule has 0 amide bonds. The minimum atomic E-state index is -1.07. The van der Waals surface area contributed by atoms with E-state index in [0.717, 1.165) is 6.07 Å². The van der Waals surface area contributed by atoms with Crippen molar-refractivity contribution in [1.82, 2.24) is 0 Å². The third-order valence-electron chi connectivity index (χ3n) is 1.19. The topological polar surface area (TPSA) is 0 Å². The molecule has 3 heteroatoms. The average Bonchev–Trinajstić information content (AvgIpc) is 1.99. The molecule has 1 aromatic carbocycles. The first-order chi connectivity index (χ1) is 5.16. The van der Waals surface area contributed by atoms with Gasteiger partial charge in [-0.25, -0.2) is 8.78 Å². The predicted molar refractivity (Wildman–Crippen MR) is 39.3 cm³/mol. The standard InChI is InChI=1S/C8H3ClF2/c1-2-5-6(9)3-4-7(10)8(5)11/h1,3-4H. The lowest BCUT2D eigenvalue weighted by atomic mass is 10.2. The van der Waals surface area contributed by atoms with Gasteiger partial charge in [0.2, 0.25) is 0 Å². The Hall–Kier alpha value is -1.07. The molecule has 0 aliphatic rings. The number of rotatable bonds is 0. The van der Waals surface area contributed by atoms with Gasteiger partial charge >= 0.3 is 0 Å². The average molecular weight is 173 g/mol. The highest BCUT2D eigenvalue weighted by Crippen LogP contribution is 2.19. The van der Waals surface area contributed by atoms with Crippen LogP contribution in [0.3, 0.4) is 0 Å². The lowest BCUT2D eigenvalue weighted by Gasteiger charge is -1.97. The van der Waals surface area contributed by atoms with Gasteiger partial charge in [-0.1, -0.05) is 17.5 Å². The van der Waals surface area contributed by atoms with E-state index in [9.17, 15) is 8.78 Å².